The highest BCUT2D eigenvalue weighted by Crippen LogP contribution is 2.46. The zero-order valence-corrected chi connectivity index (χ0v) is 15.2. The number of nitriles is 1. The summed E-state index contributed by atoms with van der Waals surface area (Å²) in [4.78, 5) is 2.42. The minimum absolute atomic E-state index is 0.757. The molecule has 3 aliphatic rings. The summed E-state index contributed by atoms with van der Waals surface area (Å²) in [6.07, 6.45) is 6.72. The normalized spacial score (nSPS) is 18.5. The molecule has 0 amide bonds. The molecule has 0 N–H and O–H groups in total. The third-order valence-corrected chi connectivity index (χ3v) is 6.27. The van der Waals surface area contributed by atoms with E-state index < -0.39 is 0 Å². The molecule has 3 nitrogen and oxygen atoms in total. The van der Waals surface area contributed by atoms with Crippen LogP contribution in [0, 0.1) is 11.3 Å². The van der Waals surface area contributed by atoms with Crippen LogP contribution in [0.15, 0.2) is 24.3 Å². The van der Waals surface area contributed by atoms with Gasteiger partial charge in [-0.05, 0) is 71.9 Å². The molecule has 2 aliphatic carbocycles. The fourth-order valence-corrected chi connectivity index (χ4v) is 5.12. The van der Waals surface area contributed by atoms with Crippen LogP contribution in [0.1, 0.15) is 40.7 Å². The van der Waals surface area contributed by atoms with Crippen LogP contribution in [0.2, 0.25) is 0 Å². The Morgan fingerprint density at radius 2 is 1.65 bits per heavy atom. The van der Waals surface area contributed by atoms with E-state index in [1.165, 1.54) is 51.9 Å². The van der Waals surface area contributed by atoms with Crippen LogP contribution >= 0.6 is 0 Å². The molecule has 1 fully saturated rings. The quantitative estimate of drug-likeness (QED) is 0.783. The summed E-state index contributed by atoms with van der Waals surface area (Å²) in [6, 6.07) is 11.5. The lowest BCUT2D eigenvalue weighted by molar-refractivity contribution is 0.122. The first-order valence-corrected chi connectivity index (χ1v) is 9.90. The molecule has 1 saturated heterocycles. The topological polar surface area (TPSA) is 36.3 Å². The van der Waals surface area contributed by atoms with E-state index in [0.717, 1.165) is 57.6 Å². The van der Waals surface area contributed by atoms with Crippen LogP contribution in [0.4, 0.5) is 5.69 Å². The fraction of sp³-hybridized carbons (Fsp3) is 0.435. The van der Waals surface area contributed by atoms with E-state index in [9.17, 15) is 5.26 Å². The van der Waals surface area contributed by atoms with E-state index in [4.69, 9.17) is 4.74 Å². The Bertz CT molecular complexity index is 903. The average Bonchev–Trinajstić information content (AvgIpc) is 2.72. The predicted octanol–water partition coefficient (Wildman–Crippen LogP) is 4.04. The number of hydrogen-bond acceptors (Lipinski definition) is 3. The number of nitrogens with zero attached hydrogens (tertiary/aromatic N) is 2. The molecule has 0 bridgehead atoms. The number of hydrogen-bond donors (Lipinski definition) is 0. The van der Waals surface area contributed by atoms with Crippen molar-refractivity contribution in [2.24, 2.45) is 0 Å². The average molecular weight is 344 g/mol. The van der Waals surface area contributed by atoms with Crippen molar-refractivity contribution in [1.82, 2.24) is 0 Å². The van der Waals surface area contributed by atoms with Gasteiger partial charge in [0.05, 0.1) is 24.5 Å². The number of morpholine rings is 1. The first kappa shape index (κ1) is 15.9. The summed E-state index contributed by atoms with van der Waals surface area (Å²) >= 11 is 0. The van der Waals surface area contributed by atoms with Crippen molar-refractivity contribution in [3.05, 3.63) is 52.1 Å². The lowest BCUT2D eigenvalue weighted by Crippen LogP contribution is -2.38. The second-order valence-electron chi connectivity index (χ2n) is 7.61. The van der Waals surface area contributed by atoms with E-state index in [1.54, 1.807) is 0 Å². The van der Waals surface area contributed by atoms with Gasteiger partial charge in [-0.3, -0.25) is 0 Å². The van der Waals surface area contributed by atoms with E-state index >= 15 is 0 Å². The minimum atomic E-state index is 0.757. The molecular weight excluding hydrogens is 320 g/mol. The Morgan fingerprint density at radius 3 is 2.46 bits per heavy atom. The lowest BCUT2D eigenvalue weighted by atomic mass is 9.74. The van der Waals surface area contributed by atoms with Gasteiger partial charge in [0.2, 0.25) is 0 Å². The molecule has 0 saturated carbocycles. The lowest BCUT2D eigenvalue weighted by Gasteiger charge is -2.37. The van der Waals surface area contributed by atoms with Crippen LogP contribution in [0.25, 0.3) is 11.1 Å². The molecule has 2 aromatic rings. The first-order valence-electron chi connectivity index (χ1n) is 9.90. The number of rotatable bonds is 1. The van der Waals surface area contributed by atoms with Gasteiger partial charge in [-0.2, -0.15) is 5.26 Å². The molecule has 0 radical (unpaired) electrons. The van der Waals surface area contributed by atoms with Crippen molar-refractivity contribution in [3.63, 3.8) is 0 Å². The monoisotopic (exact) mass is 344 g/mol. The highest BCUT2D eigenvalue weighted by Gasteiger charge is 2.31. The summed E-state index contributed by atoms with van der Waals surface area (Å²) in [5, 5.41) is 10.1. The van der Waals surface area contributed by atoms with Crippen molar-refractivity contribution in [2.75, 3.05) is 31.2 Å². The molecule has 1 heterocycles. The Kier molecular flexibility index (Phi) is 3.94. The maximum Gasteiger partial charge on any atom is 0.102 e. The number of ether oxygens (including phenoxy) is 1. The van der Waals surface area contributed by atoms with E-state index in [-0.39, 0.29) is 0 Å². The van der Waals surface area contributed by atoms with Crippen molar-refractivity contribution in [3.8, 4) is 17.2 Å². The molecular formula is C23H24N2O. The predicted molar refractivity (Wildman–Crippen MR) is 104 cm³/mol. The van der Waals surface area contributed by atoms with Gasteiger partial charge in [-0.25, -0.2) is 0 Å². The fourth-order valence-electron chi connectivity index (χ4n) is 5.12. The molecule has 0 aromatic heterocycles. The highest BCUT2D eigenvalue weighted by molar-refractivity contribution is 5.86. The maximum atomic E-state index is 10.1. The maximum absolute atomic E-state index is 10.1. The van der Waals surface area contributed by atoms with E-state index in [0.29, 0.717) is 0 Å². The van der Waals surface area contributed by atoms with Gasteiger partial charge in [0, 0.05) is 13.1 Å². The Hall–Kier alpha value is -2.31. The van der Waals surface area contributed by atoms with Gasteiger partial charge in [0.1, 0.15) is 6.07 Å². The molecule has 0 atom stereocenters. The van der Waals surface area contributed by atoms with Gasteiger partial charge >= 0.3 is 0 Å². The smallest absolute Gasteiger partial charge is 0.102 e. The van der Waals surface area contributed by atoms with E-state index in [1.807, 2.05) is 0 Å². The Labute approximate surface area is 155 Å². The highest BCUT2D eigenvalue weighted by atomic mass is 16.5. The summed E-state index contributed by atoms with van der Waals surface area (Å²) in [7, 11) is 0. The van der Waals surface area contributed by atoms with Gasteiger partial charge in [-0.1, -0.05) is 24.3 Å². The molecule has 132 valence electrons. The molecule has 2 aromatic carbocycles. The zero-order valence-electron chi connectivity index (χ0n) is 15.2. The molecule has 1 aliphatic heterocycles. The molecule has 3 heteroatoms. The summed E-state index contributed by atoms with van der Waals surface area (Å²) in [5.74, 6) is 0. The summed E-state index contributed by atoms with van der Waals surface area (Å²) in [6.45, 7) is 3.30. The second kappa shape index (κ2) is 6.45. The van der Waals surface area contributed by atoms with Gasteiger partial charge in [-0.15, -0.1) is 0 Å². The van der Waals surface area contributed by atoms with Gasteiger partial charge in [0.15, 0.2) is 0 Å². The van der Waals surface area contributed by atoms with Crippen LogP contribution < -0.4 is 4.90 Å². The van der Waals surface area contributed by atoms with Gasteiger partial charge in [0.25, 0.3) is 0 Å². The van der Waals surface area contributed by atoms with Crippen molar-refractivity contribution in [1.29, 1.82) is 5.26 Å². The number of benzene rings is 2. The molecule has 5 rings (SSSR count). The summed E-state index contributed by atoms with van der Waals surface area (Å²) in [5.41, 5.74) is 10.7. The third kappa shape index (κ3) is 2.36. The van der Waals surface area contributed by atoms with Gasteiger partial charge < -0.3 is 9.64 Å². The number of aryl methyl sites for hydroxylation is 1. The SMILES string of the molecule is N#Cc1c2c(c3c(c1N1CCOCC1)CCc1ccccc1-3)CCCC2. The number of fused-ring (bicyclic) bond motifs is 5. The Balaban J connectivity index is 1.82. The second-order valence-corrected chi connectivity index (χ2v) is 7.61. The Morgan fingerprint density at radius 1 is 0.885 bits per heavy atom. The standard InChI is InChI=1S/C23H24N2O/c24-15-21-18-7-3-4-8-19(18)22-17-6-2-1-5-16(17)9-10-20(22)23(21)25-11-13-26-14-12-25/h1-2,5-6H,3-4,7-14H2. The molecule has 26 heavy (non-hydrogen) atoms. The number of anilines is 1. The third-order valence-electron chi connectivity index (χ3n) is 6.27. The largest absolute Gasteiger partial charge is 0.378 e. The molecule has 0 spiro atoms. The van der Waals surface area contributed by atoms with E-state index in [2.05, 4.69) is 35.2 Å². The minimum Gasteiger partial charge on any atom is -0.378 e. The van der Waals surface area contributed by atoms with Crippen LogP contribution in [0.5, 0.6) is 0 Å². The zero-order chi connectivity index (χ0) is 17.5. The molecule has 0 unspecified atom stereocenters. The van der Waals surface area contributed by atoms with Crippen LogP contribution in [-0.2, 0) is 30.4 Å². The van der Waals surface area contributed by atoms with Crippen LogP contribution in [-0.4, -0.2) is 26.3 Å². The van der Waals surface area contributed by atoms with Crippen LogP contribution in [0.3, 0.4) is 0 Å². The van der Waals surface area contributed by atoms with Crippen molar-refractivity contribution >= 4 is 5.69 Å². The summed E-state index contributed by atoms with van der Waals surface area (Å²) < 4.78 is 5.58. The van der Waals surface area contributed by atoms with Crippen molar-refractivity contribution < 1.29 is 4.74 Å². The van der Waals surface area contributed by atoms with Crippen molar-refractivity contribution in [2.45, 2.75) is 38.5 Å². The first-order chi connectivity index (χ1) is 12.9.